The largest absolute Gasteiger partial charge is 0.325 e. The molecular weight excluding hydrogens is 435 g/mol. The number of nitrogens with one attached hydrogen (secondary N) is 3. The zero-order valence-corrected chi connectivity index (χ0v) is 18.9. The number of carbonyl (C=O) groups excluding carboxylic acids is 1. The Morgan fingerprint density at radius 1 is 1.26 bits per heavy atom. The van der Waals surface area contributed by atoms with E-state index in [0.29, 0.717) is 12.1 Å². The van der Waals surface area contributed by atoms with Crippen molar-refractivity contribution in [3.63, 3.8) is 0 Å². The fraction of sp³-hybridized carbons (Fsp3) is 0.261. The average Bonchev–Trinajstić information content (AvgIpc) is 3.27. The topological polar surface area (TPSA) is 56.4 Å². The fourth-order valence-electron chi connectivity index (χ4n) is 3.61. The highest BCUT2D eigenvalue weighted by Crippen LogP contribution is 2.34. The number of amides is 1. The second-order valence-corrected chi connectivity index (χ2v) is 9.07. The van der Waals surface area contributed by atoms with E-state index >= 15 is 0 Å². The summed E-state index contributed by atoms with van der Waals surface area (Å²) in [6, 6.07) is 16.5. The molecule has 0 bridgehead atoms. The Hall–Kier alpha value is -2.29. The first kappa shape index (κ1) is 21.9. The summed E-state index contributed by atoms with van der Waals surface area (Å²) in [4.78, 5) is 15.2. The minimum Gasteiger partial charge on any atom is -0.325 e. The average molecular weight is 459 g/mol. The fourth-order valence-corrected chi connectivity index (χ4v) is 4.86. The monoisotopic (exact) mass is 458 g/mol. The molecule has 0 radical (unpaired) electrons. The molecular formula is C23H24ClFN4OS. The van der Waals surface area contributed by atoms with Gasteiger partial charge in [-0.2, -0.15) is 5.53 Å². The lowest BCUT2D eigenvalue weighted by molar-refractivity contribution is -0.124. The van der Waals surface area contributed by atoms with Gasteiger partial charge in [0.2, 0.25) is 5.91 Å². The number of thiophene rings is 1. The van der Waals surface area contributed by atoms with E-state index in [9.17, 15) is 9.18 Å². The molecule has 0 saturated carbocycles. The molecule has 31 heavy (non-hydrogen) atoms. The van der Waals surface area contributed by atoms with Crippen molar-refractivity contribution in [2.75, 3.05) is 12.4 Å². The number of nitrogens with zero attached hydrogens (tertiary/aromatic N) is 1. The Morgan fingerprint density at radius 3 is 2.87 bits per heavy atom. The number of likely N-dealkylation sites (N-methyl/N-ethyl adjacent to an activating group) is 1. The Kier molecular flexibility index (Phi) is 6.69. The summed E-state index contributed by atoms with van der Waals surface area (Å²) in [5, 5.41) is 4.54. The van der Waals surface area contributed by atoms with E-state index in [2.05, 4.69) is 59.6 Å². The van der Waals surface area contributed by atoms with Crippen LogP contribution in [0.5, 0.6) is 0 Å². The minimum absolute atomic E-state index is 0.0168. The van der Waals surface area contributed by atoms with Gasteiger partial charge in [0.25, 0.3) is 0 Å². The molecule has 1 aromatic heterocycles. The highest BCUT2D eigenvalue weighted by Gasteiger charge is 2.32. The molecule has 3 N–H and O–H groups in total. The van der Waals surface area contributed by atoms with E-state index in [1.807, 2.05) is 0 Å². The number of carbonyl (C=O) groups is 1. The summed E-state index contributed by atoms with van der Waals surface area (Å²) >= 11 is 7.55. The lowest BCUT2D eigenvalue weighted by Gasteiger charge is -2.37. The van der Waals surface area contributed by atoms with Gasteiger partial charge in [-0.05, 0) is 54.3 Å². The number of benzene rings is 2. The smallest absolute Gasteiger partial charge is 0.243 e. The molecule has 4 rings (SSSR count). The van der Waals surface area contributed by atoms with Crippen molar-refractivity contribution < 1.29 is 9.18 Å². The molecule has 2 atom stereocenters. The lowest BCUT2D eigenvalue weighted by atomic mass is 10.0. The van der Waals surface area contributed by atoms with Crippen molar-refractivity contribution in [1.29, 1.82) is 0 Å². The van der Waals surface area contributed by atoms with Crippen LogP contribution in [0.3, 0.4) is 0 Å². The van der Waals surface area contributed by atoms with Crippen LogP contribution in [0, 0.1) is 5.82 Å². The molecule has 0 aliphatic carbocycles. The normalized spacial score (nSPS) is 19.4. The molecule has 0 spiro atoms. The van der Waals surface area contributed by atoms with Crippen LogP contribution in [0.2, 0.25) is 5.02 Å². The second-order valence-electron chi connectivity index (χ2n) is 7.55. The molecule has 2 aromatic carbocycles. The molecule has 5 nitrogen and oxygen atoms in total. The maximum absolute atomic E-state index is 13.4. The van der Waals surface area contributed by atoms with Gasteiger partial charge in [0.15, 0.2) is 0 Å². The van der Waals surface area contributed by atoms with E-state index in [-0.39, 0.29) is 17.0 Å². The quantitative estimate of drug-likeness (QED) is 0.494. The summed E-state index contributed by atoms with van der Waals surface area (Å²) in [6.45, 7) is 2.15. The van der Waals surface area contributed by atoms with Crippen LogP contribution in [0.25, 0.3) is 10.4 Å². The van der Waals surface area contributed by atoms with Gasteiger partial charge in [-0.1, -0.05) is 42.8 Å². The van der Waals surface area contributed by atoms with Gasteiger partial charge < -0.3 is 5.32 Å². The number of aryl methyl sites for hydroxylation is 1. The molecule has 162 valence electrons. The number of halogens is 2. The predicted molar refractivity (Wildman–Crippen MR) is 124 cm³/mol. The van der Waals surface area contributed by atoms with Gasteiger partial charge in [0.1, 0.15) is 11.9 Å². The van der Waals surface area contributed by atoms with Crippen LogP contribution in [0.4, 0.5) is 10.1 Å². The first-order valence-corrected chi connectivity index (χ1v) is 11.3. The van der Waals surface area contributed by atoms with Gasteiger partial charge in [0, 0.05) is 22.5 Å². The van der Waals surface area contributed by atoms with Crippen LogP contribution in [-0.4, -0.2) is 24.0 Å². The van der Waals surface area contributed by atoms with Crippen molar-refractivity contribution in [1.82, 2.24) is 16.0 Å². The third-order valence-corrected chi connectivity index (χ3v) is 6.96. The number of hydrogen-bond donors (Lipinski definition) is 3. The lowest BCUT2D eigenvalue weighted by Crippen LogP contribution is -2.60. The third kappa shape index (κ3) is 4.97. The number of anilines is 1. The number of hydrogen-bond acceptors (Lipinski definition) is 5. The zero-order chi connectivity index (χ0) is 22.0. The van der Waals surface area contributed by atoms with Crippen molar-refractivity contribution in [2.45, 2.75) is 31.8 Å². The Labute approximate surface area is 190 Å². The summed E-state index contributed by atoms with van der Waals surface area (Å²) < 4.78 is 13.4. The van der Waals surface area contributed by atoms with Gasteiger partial charge >= 0.3 is 0 Å². The van der Waals surface area contributed by atoms with Crippen LogP contribution in [0.15, 0.2) is 54.6 Å². The number of hydrazine groups is 2. The van der Waals surface area contributed by atoms with Crippen LogP contribution < -0.4 is 16.3 Å². The Balaban J connectivity index is 1.47. The highest BCUT2D eigenvalue weighted by molar-refractivity contribution is 7.15. The van der Waals surface area contributed by atoms with Gasteiger partial charge in [-0.15, -0.1) is 11.3 Å². The molecule has 8 heteroatoms. The molecule has 1 saturated heterocycles. The van der Waals surface area contributed by atoms with Gasteiger partial charge in [0.05, 0.1) is 11.1 Å². The predicted octanol–water partition coefficient (Wildman–Crippen LogP) is 5.16. The summed E-state index contributed by atoms with van der Waals surface area (Å²) in [5.41, 5.74) is 9.34. The van der Waals surface area contributed by atoms with E-state index < -0.39 is 11.9 Å². The molecule has 1 aliphatic heterocycles. The molecule has 2 unspecified atom stereocenters. The highest BCUT2D eigenvalue weighted by atomic mass is 35.5. The number of rotatable bonds is 5. The van der Waals surface area contributed by atoms with Crippen molar-refractivity contribution in [3.05, 3.63) is 75.9 Å². The first-order chi connectivity index (χ1) is 14.9. The van der Waals surface area contributed by atoms with E-state index in [4.69, 9.17) is 11.6 Å². The molecule has 2 heterocycles. The molecule has 1 aliphatic rings. The SMILES string of the molecule is CCc1cccc(-c2ccc(C3CC(C(=O)Nc4ccc(F)c(Cl)c4)N(C)NN3)s2)c1. The summed E-state index contributed by atoms with van der Waals surface area (Å²) in [5.74, 6) is -0.699. The van der Waals surface area contributed by atoms with Crippen molar-refractivity contribution >= 4 is 34.5 Å². The Bertz CT molecular complexity index is 1090. The van der Waals surface area contributed by atoms with Crippen LogP contribution >= 0.6 is 22.9 Å². The van der Waals surface area contributed by atoms with Gasteiger partial charge in [-0.3, -0.25) is 4.79 Å². The maximum atomic E-state index is 13.4. The first-order valence-electron chi connectivity index (χ1n) is 10.1. The van der Waals surface area contributed by atoms with E-state index in [1.54, 1.807) is 23.4 Å². The van der Waals surface area contributed by atoms with Crippen molar-refractivity contribution in [2.24, 2.45) is 0 Å². The van der Waals surface area contributed by atoms with Crippen LogP contribution in [-0.2, 0) is 11.2 Å². The summed E-state index contributed by atoms with van der Waals surface area (Å²) in [7, 11) is 1.81. The second kappa shape index (κ2) is 9.46. The van der Waals surface area contributed by atoms with Crippen molar-refractivity contribution in [3.8, 4) is 10.4 Å². The molecule has 1 fully saturated rings. The standard InChI is InChI=1S/C23H24ClFN4OS/c1-3-14-5-4-6-15(11-14)21-9-10-22(31-21)19-13-20(29(2)28-27-19)23(30)26-16-7-8-18(25)17(24)12-16/h4-12,19-20,27-28H,3,13H2,1-2H3,(H,26,30). The molecule has 1 amide bonds. The third-order valence-electron chi connectivity index (χ3n) is 5.42. The summed E-state index contributed by atoms with van der Waals surface area (Å²) in [6.07, 6.45) is 1.59. The van der Waals surface area contributed by atoms with E-state index in [0.717, 1.165) is 11.3 Å². The van der Waals surface area contributed by atoms with Gasteiger partial charge in [-0.25, -0.2) is 14.8 Å². The molecule has 3 aromatic rings. The maximum Gasteiger partial charge on any atom is 0.243 e. The van der Waals surface area contributed by atoms with Crippen LogP contribution in [0.1, 0.15) is 29.8 Å². The van der Waals surface area contributed by atoms with E-state index in [1.165, 1.54) is 34.2 Å². The minimum atomic E-state index is -0.515. The zero-order valence-electron chi connectivity index (χ0n) is 17.3. The Morgan fingerprint density at radius 2 is 2.10 bits per heavy atom.